The van der Waals surface area contributed by atoms with E-state index in [1.165, 1.54) is 28.4 Å². The van der Waals surface area contributed by atoms with Gasteiger partial charge in [-0.2, -0.15) is 0 Å². The highest BCUT2D eigenvalue weighted by Gasteiger charge is 2.98. The Bertz CT molecular complexity index is 2740. The van der Waals surface area contributed by atoms with Gasteiger partial charge >= 0.3 is 48.3 Å². The van der Waals surface area contributed by atoms with Crippen molar-refractivity contribution >= 4 is 71.9 Å². The number of nitrogens with one attached hydrogen (secondary N) is 8. The Labute approximate surface area is 552 Å². The quantitative estimate of drug-likeness (QED) is 0.0488. The first-order chi connectivity index (χ1) is 44.4. The van der Waals surface area contributed by atoms with Crippen molar-refractivity contribution in [1.29, 1.82) is 0 Å². The zero-order valence-corrected chi connectivity index (χ0v) is 57.2. The summed E-state index contributed by atoms with van der Waals surface area (Å²) >= 11 is 0. The summed E-state index contributed by atoms with van der Waals surface area (Å²) in [5.74, 6) is -23.8. The summed E-state index contributed by atoms with van der Waals surface area (Å²) in [4.78, 5) is 173. The monoisotopic (exact) mass is 1340 g/mol. The topological polar surface area (TPSA) is 393 Å². The first-order valence-electron chi connectivity index (χ1n) is 33.1. The van der Waals surface area contributed by atoms with Crippen molar-refractivity contribution < 1.29 is 105 Å². The Morgan fingerprint density at radius 2 is 0.463 bits per heavy atom. The third-order valence-corrected chi connectivity index (χ3v) is 21.7. The molecule has 10 bridgehead atoms. The molecule has 8 N–H and O–H groups in total. The smallest absolute Gasteiger partial charge is 0.407 e. The molecule has 528 valence electrons. The maximum absolute atomic E-state index is 15.6. The Kier molecular flexibility index (Phi) is 18.6. The van der Waals surface area contributed by atoms with Crippen LogP contribution in [0.2, 0.25) is 0 Å². The van der Waals surface area contributed by atoms with Crippen LogP contribution in [0.4, 0.5) is 19.2 Å². The van der Waals surface area contributed by atoms with Gasteiger partial charge in [0.2, 0.25) is 23.6 Å². The predicted molar refractivity (Wildman–Crippen MR) is 327 cm³/mol. The molecule has 10 rings (SSSR count). The number of ether oxygens (including phenoxy) is 10. The van der Waals surface area contributed by atoms with Gasteiger partial charge in [0.25, 0.3) is 0 Å². The molecular weight excluding hydrogens is 1240 g/mol. The number of fused-ring (bicyclic) bond motifs is 30. The largest absolute Gasteiger partial charge is 0.467 e. The van der Waals surface area contributed by atoms with Crippen LogP contribution < -0.4 is 42.5 Å². The van der Waals surface area contributed by atoms with Gasteiger partial charge in [-0.05, 0) is 138 Å². The summed E-state index contributed by atoms with van der Waals surface area (Å²) < 4.78 is 59.5. The van der Waals surface area contributed by atoms with Crippen LogP contribution in [-0.2, 0) is 85.7 Å². The zero-order chi connectivity index (χ0) is 69.8. The van der Waals surface area contributed by atoms with Crippen molar-refractivity contribution in [2.75, 3.05) is 80.8 Å². The molecule has 6 saturated carbocycles. The van der Waals surface area contributed by atoms with Crippen LogP contribution in [0.5, 0.6) is 0 Å². The third kappa shape index (κ3) is 11.5. The van der Waals surface area contributed by atoms with E-state index in [1.807, 2.05) is 0 Å². The van der Waals surface area contributed by atoms with Crippen LogP contribution in [0.1, 0.15) is 102 Å². The SMILES string of the molecule is COC(=O)[C@@]12O[C@@](C(=O)OC)([C@H]3[C@H]4C[C@H]([C@@H](C(=O)NCCNC(=O)OC(C)(C)C)[C@H]4C(=O)NCCNC(=O)OC(C)(C)C)[C@H]31)[C@@H]1C3CC([C@@H]4[C@H]3[C@]3(C(=O)OC)O[C@@]4(C(=O)OC)[C@H]4[C@H]5C[C@H]([C@@H](C(=O)NCCNC(=O)OC(C)(C)C)[C@H]5C(=O)NCCNC(=O)OC(C)(C)C)[C@H]43)[C@@H]12. The lowest BCUT2D eigenvalue weighted by atomic mass is 9.41. The number of alkyl carbamates (subject to hydrolysis) is 4. The van der Waals surface area contributed by atoms with E-state index in [1.54, 1.807) is 83.1 Å². The molecule has 4 saturated heterocycles. The van der Waals surface area contributed by atoms with E-state index in [9.17, 15) is 19.2 Å². The lowest BCUT2D eigenvalue weighted by Gasteiger charge is -2.57. The molecule has 10 fully saturated rings. The maximum Gasteiger partial charge on any atom is 0.407 e. The Morgan fingerprint density at radius 3 is 0.642 bits per heavy atom. The molecule has 0 spiro atoms. The Morgan fingerprint density at radius 1 is 0.295 bits per heavy atom. The maximum atomic E-state index is 15.6. The van der Waals surface area contributed by atoms with E-state index < -0.39 is 223 Å². The molecule has 10 aliphatic rings. The van der Waals surface area contributed by atoms with Crippen LogP contribution in [0.25, 0.3) is 0 Å². The van der Waals surface area contributed by atoms with Gasteiger partial charge in [0.15, 0.2) is 22.4 Å². The Balaban J connectivity index is 1.03. The minimum absolute atomic E-state index is 0.0704. The van der Waals surface area contributed by atoms with E-state index in [4.69, 9.17) is 47.4 Å². The minimum atomic E-state index is -2.07. The normalized spacial score (nSPS) is 37.2. The molecule has 0 aromatic heterocycles. The van der Waals surface area contributed by atoms with Crippen LogP contribution in [0.15, 0.2) is 0 Å². The van der Waals surface area contributed by atoms with Gasteiger partial charge in [-0.1, -0.05) is 0 Å². The van der Waals surface area contributed by atoms with Crippen molar-refractivity contribution in [3.05, 3.63) is 0 Å². The fourth-order valence-corrected chi connectivity index (χ4v) is 20.4. The molecule has 0 radical (unpaired) electrons. The molecule has 95 heavy (non-hydrogen) atoms. The standard InChI is InChI=1S/C65H96N8O22/c1-58(2,3)90-54(82)70-21-17-66-46(74)34-28-25-29(35(34)47(75)67-18-22-71-55(83)91-59(4,5)6)39-38(28)62(50(78)86-13)42-32-27-33(43(42)63(39,94-62)51(79)87-14)45-44(32)64(52(80)88-15)40-30-26-31(41(40)65(45,95-64)53(81)89-16)37(49(77)69-20-24-73-57(85)93-61(10,11)12)36(30)48(76)68-19-23-72-56(84)92-60(7,8)9/h28-45H,17-27H2,1-16H3,(H,66,74)(H,67,75)(H,68,76)(H,69,77)(H,70,82)(H,71,83)(H,72,84)(H,73,85)/t28-,29+,30+,31-,32?,33?,34-,35+,36+,37-,38-,39+,40+,41-,42+,43-,44-,45+,62-,63+,64+,65-. The van der Waals surface area contributed by atoms with Crippen molar-refractivity contribution in [1.82, 2.24) is 42.5 Å². The molecule has 0 aromatic carbocycles. The van der Waals surface area contributed by atoms with E-state index >= 15 is 38.4 Å². The average Bonchev–Trinajstić information content (AvgIpc) is 1.43. The molecule has 4 heterocycles. The number of hydrogen-bond acceptors (Lipinski definition) is 22. The molecule has 6 aliphatic carbocycles. The van der Waals surface area contributed by atoms with Crippen molar-refractivity contribution in [3.8, 4) is 0 Å². The summed E-state index contributed by atoms with van der Waals surface area (Å²) in [7, 11) is 4.72. The number of carbonyl (C=O) groups excluding carboxylic acids is 12. The van der Waals surface area contributed by atoms with E-state index in [-0.39, 0.29) is 71.6 Å². The highest BCUT2D eigenvalue weighted by atomic mass is 16.6. The molecule has 30 heteroatoms. The fourth-order valence-electron chi connectivity index (χ4n) is 20.4. The summed E-state index contributed by atoms with van der Waals surface area (Å²) in [6.07, 6.45) is -2.47. The highest BCUT2D eigenvalue weighted by Crippen LogP contribution is 2.88. The molecular formula is C65H96N8O22. The van der Waals surface area contributed by atoms with Crippen LogP contribution >= 0.6 is 0 Å². The number of methoxy groups -OCH3 is 4. The lowest BCUT2D eigenvalue weighted by molar-refractivity contribution is -0.193. The highest BCUT2D eigenvalue weighted by molar-refractivity contribution is 5.96. The van der Waals surface area contributed by atoms with Crippen LogP contribution in [-0.4, -0.2) is 197 Å². The fraction of sp³-hybridized carbons (Fsp3) is 0.815. The number of esters is 4. The van der Waals surface area contributed by atoms with Crippen molar-refractivity contribution in [2.24, 2.45) is 107 Å². The van der Waals surface area contributed by atoms with Gasteiger partial charge in [0, 0.05) is 99.7 Å². The number of hydrogen-bond donors (Lipinski definition) is 8. The van der Waals surface area contributed by atoms with Crippen molar-refractivity contribution in [3.63, 3.8) is 0 Å². The van der Waals surface area contributed by atoms with Gasteiger partial charge in [-0.3, -0.25) is 19.2 Å². The summed E-state index contributed by atoms with van der Waals surface area (Å²) in [5.41, 5.74) is -11.5. The molecule has 2 unspecified atom stereocenters. The first-order valence-corrected chi connectivity index (χ1v) is 33.1. The summed E-state index contributed by atoms with van der Waals surface area (Å²) in [5, 5.41) is 22.1. The van der Waals surface area contributed by atoms with Crippen LogP contribution in [0.3, 0.4) is 0 Å². The number of rotatable bonds is 20. The molecule has 22 atom stereocenters. The van der Waals surface area contributed by atoms with E-state index in [2.05, 4.69) is 42.5 Å². The third-order valence-electron chi connectivity index (χ3n) is 21.7. The van der Waals surface area contributed by atoms with Gasteiger partial charge in [0.1, 0.15) is 22.4 Å². The second-order valence-corrected chi connectivity index (χ2v) is 31.2. The Hall–Kier alpha value is -7.24. The molecule has 30 nitrogen and oxygen atoms in total. The van der Waals surface area contributed by atoms with Gasteiger partial charge in [0.05, 0.1) is 52.1 Å². The number of carbonyl (C=O) groups is 12. The van der Waals surface area contributed by atoms with E-state index in [0.717, 1.165) is 0 Å². The number of amides is 8. The van der Waals surface area contributed by atoms with Gasteiger partial charge in [-0.25, -0.2) is 38.4 Å². The lowest BCUT2D eigenvalue weighted by Crippen LogP contribution is -2.70. The summed E-state index contributed by atoms with van der Waals surface area (Å²) in [6, 6.07) is 0. The average molecular weight is 1340 g/mol. The van der Waals surface area contributed by atoms with E-state index in [0.29, 0.717) is 0 Å². The zero-order valence-electron chi connectivity index (χ0n) is 57.2. The second-order valence-electron chi connectivity index (χ2n) is 31.2. The molecule has 8 amide bonds. The predicted octanol–water partition coefficient (Wildman–Crippen LogP) is 1.63. The first kappa shape index (κ1) is 70.6. The molecule has 4 aliphatic heterocycles. The van der Waals surface area contributed by atoms with Gasteiger partial charge < -0.3 is 89.9 Å². The van der Waals surface area contributed by atoms with Crippen molar-refractivity contribution in [2.45, 2.75) is 147 Å². The second kappa shape index (κ2) is 25.0. The minimum Gasteiger partial charge on any atom is -0.467 e. The van der Waals surface area contributed by atoms with Gasteiger partial charge in [-0.15, -0.1) is 0 Å². The summed E-state index contributed by atoms with van der Waals surface area (Å²) in [6.45, 7) is 19.7. The molecule has 0 aromatic rings. The van der Waals surface area contributed by atoms with Crippen LogP contribution in [0, 0.1) is 107 Å².